The molecule has 8 nitrogen and oxygen atoms in total. The number of nitrogens with one attached hydrogen (secondary N) is 1. The number of allylic oxidation sites excluding steroid dienone is 14. The number of quaternary nitrogens is 1. The molecule has 0 heterocycles. The van der Waals surface area contributed by atoms with E-state index in [0.717, 1.165) is 89.9 Å². The van der Waals surface area contributed by atoms with Crippen LogP contribution in [-0.2, 0) is 18.4 Å². The van der Waals surface area contributed by atoms with Crippen LogP contribution in [0.4, 0.5) is 0 Å². The van der Waals surface area contributed by atoms with Crippen LogP contribution >= 0.6 is 7.82 Å². The molecule has 0 aromatic heterocycles. The molecule has 0 spiro atoms. The number of unbranched alkanes of at least 4 members (excludes halogenated alkanes) is 40. The molecule has 0 aromatic rings. The lowest BCUT2D eigenvalue weighted by molar-refractivity contribution is -0.870. The number of likely N-dealkylation sites (N-methyl/N-ethyl adjacent to an activating group) is 1. The maximum atomic E-state index is 13.1. The third-order valence-electron chi connectivity index (χ3n) is 16.4. The Morgan fingerprint density at radius 1 is 0.424 bits per heavy atom. The van der Waals surface area contributed by atoms with Crippen molar-refractivity contribution < 1.29 is 32.9 Å². The SMILES string of the molecule is CC/C=C\C/C=C\C/C=C\C/C=C\C/C=C\C/C=C\C/C=C\CCCCCCCCCCCC(=O)NC(COP(=O)([O-])OCC[N+](C)(C)C)C(O)CCCCCCCCCCCCCCCCCCCCCCCCCCCCCCCCCC. The fourth-order valence-corrected chi connectivity index (χ4v) is 11.5. The Hall–Kier alpha value is -2.32. The fraction of sp³-hybridized carbons (Fsp3) is 0.803. The van der Waals surface area contributed by atoms with E-state index in [9.17, 15) is 19.4 Å². The predicted octanol–water partition coefficient (Wildman–Crippen LogP) is 22.9. The Kier molecular flexibility index (Phi) is 64.3. The lowest BCUT2D eigenvalue weighted by Crippen LogP contribution is -2.46. The molecule has 0 rings (SSSR count). The summed E-state index contributed by atoms with van der Waals surface area (Å²) in [7, 11) is 1.30. The maximum absolute atomic E-state index is 13.1. The largest absolute Gasteiger partial charge is 0.756 e. The molecule has 0 saturated heterocycles. The molecule has 496 valence electrons. The van der Waals surface area contributed by atoms with Gasteiger partial charge in [-0.3, -0.25) is 9.36 Å². The third kappa shape index (κ3) is 69.0. The van der Waals surface area contributed by atoms with Crippen LogP contribution in [0.5, 0.6) is 0 Å². The van der Waals surface area contributed by atoms with Crippen LogP contribution in [0.3, 0.4) is 0 Å². The van der Waals surface area contributed by atoms with Crippen LogP contribution in [-0.4, -0.2) is 68.5 Å². The molecule has 2 N–H and O–H groups in total. The van der Waals surface area contributed by atoms with Gasteiger partial charge in [0.05, 0.1) is 39.9 Å². The van der Waals surface area contributed by atoms with Gasteiger partial charge in [-0.15, -0.1) is 0 Å². The van der Waals surface area contributed by atoms with Gasteiger partial charge in [0.25, 0.3) is 7.82 Å². The summed E-state index contributed by atoms with van der Waals surface area (Å²) in [6, 6.07) is -0.812. The molecule has 3 atom stereocenters. The van der Waals surface area contributed by atoms with Crippen molar-refractivity contribution in [2.45, 2.75) is 353 Å². The molecule has 0 bridgehead atoms. The topological polar surface area (TPSA) is 108 Å². The van der Waals surface area contributed by atoms with Crippen molar-refractivity contribution in [2.75, 3.05) is 40.9 Å². The molecule has 0 aliphatic rings. The van der Waals surface area contributed by atoms with Gasteiger partial charge in [-0.2, -0.15) is 0 Å². The molecule has 0 saturated carbocycles. The first-order valence-electron chi connectivity index (χ1n) is 36.4. The normalized spacial score (nSPS) is 14.1. The number of hydrogen-bond acceptors (Lipinski definition) is 6. The molecule has 9 heteroatoms. The number of phosphoric acid groups is 1. The van der Waals surface area contributed by atoms with E-state index in [4.69, 9.17) is 9.05 Å². The van der Waals surface area contributed by atoms with Gasteiger partial charge >= 0.3 is 0 Å². The zero-order valence-corrected chi connectivity index (χ0v) is 57.7. The predicted molar refractivity (Wildman–Crippen MR) is 371 cm³/mol. The highest BCUT2D eigenvalue weighted by atomic mass is 31.2. The van der Waals surface area contributed by atoms with E-state index in [0.29, 0.717) is 23.9 Å². The molecular formula is C76H141N2O6P. The van der Waals surface area contributed by atoms with E-state index >= 15 is 0 Å². The average Bonchev–Trinajstić information content (AvgIpc) is 3.49. The zero-order chi connectivity index (χ0) is 61.9. The second kappa shape index (κ2) is 66.1. The van der Waals surface area contributed by atoms with Gasteiger partial charge in [0, 0.05) is 6.42 Å². The zero-order valence-electron chi connectivity index (χ0n) is 56.8. The first kappa shape index (κ1) is 82.7. The number of aliphatic hydroxyl groups is 1. The van der Waals surface area contributed by atoms with Gasteiger partial charge in [0.15, 0.2) is 0 Å². The van der Waals surface area contributed by atoms with Gasteiger partial charge in [-0.05, 0) is 70.6 Å². The van der Waals surface area contributed by atoms with Crippen LogP contribution in [0.1, 0.15) is 341 Å². The van der Waals surface area contributed by atoms with Crippen molar-refractivity contribution >= 4 is 13.7 Å². The first-order chi connectivity index (χ1) is 41.5. The molecule has 1 amide bonds. The van der Waals surface area contributed by atoms with E-state index in [-0.39, 0.29) is 19.1 Å². The number of aliphatic hydroxyl groups excluding tert-OH is 1. The monoisotopic (exact) mass is 1210 g/mol. The van der Waals surface area contributed by atoms with Crippen molar-refractivity contribution in [1.29, 1.82) is 0 Å². The van der Waals surface area contributed by atoms with E-state index in [1.807, 2.05) is 21.1 Å². The summed E-state index contributed by atoms with van der Waals surface area (Å²) in [4.78, 5) is 25.7. The molecule has 0 aliphatic carbocycles. The van der Waals surface area contributed by atoms with Crippen molar-refractivity contribution in [3.63, 3.8) is 0 Å². The number of phosphoric ester groups is 1. The van der Waals surface area contributed by atoms with Gasteiger partial charge < -0.3 is 28.8 Å². The fourth-order valence-electron chi connectivity index (χ4n) is 10.8. The molecule has 0 aromatic carbocycles. The van der Waals surface area contributed by atoms with E-state index in [1.165, 1.54) is 225 Å². The number of hydrogen-bond donors (Lipinski definition) is 2. The highest BCUT2D eigenvalue weighted by Crippen LogP contribution is 2.38. The minimum absolute atomic E-state index is 0.00793. The molecule has 0 radical (unpaired) electrons. The van der Waals surface area contributed by atoms with Gasteiger partial charge in [0.1, 0.15) is 13.2 Å². The second-order valence-corrected chi connectivity index (χ2v) is 27.3. The smallest absolute Gasteiger partial charge is 0.268 e. The number of rotatable bonds is 67. The summed E-state index contributed by atoms with van der Waals surface area (Å²) >= 11 is 0. The van der Waals surface area contributed by atoms with Crippen molar-refractivity contribution in [3.05, 3.63) is 85.1 Å². The molecule has 0 aliphatic heterocycles. The molecule has 85 heavy (non-hydrogen) atoms. The first-order valence-corrected chi connectivity index (χ1v) is 37.9. The molecule has 0 fully saturated rings. The minimum Gasteiger partial charge on any atom is -0.756 e. The third-order valence-corrected chi connectivity index (χ3v) is 17.4. The number of carbonyl (C=O) groups excluding carboxylic acids is 1. The van der Waals surface area contributed by atoms with Crippen LogP contribution < -0.4 is 10.2 Å². The Morgan fingerprint density at radius 3 is 1.05 bits per heavy atom. The summed E-state index contributed by atoms with van der Waals surface area (Å²) in [6.07, 6.45) is 93.8. The lowest BCUT2D eigenvalue weighted by atomic mass is 10.0. The molecule has 3 unspecified atom stereocenters. The van der Waals surface area contributed by atoms with Gasteiger partial charge in [0.2, 0.25) is 5.91 Å². The number of carbonyl (C=O) groups is 1. The Bertz CT molecular complexity index is 1660. The summed E-state index contributed by atoms with van der Waals surface area (Å²) in [5.41, 5.74) is 0. The Balaban J connectivity index is 4.05. The molecular weight excluding hydrogens is 1070 g/mol. The summed E-state index contributed by atoms with van der Waals surface area (Å²) in [5.74, 6) is -0.170. The van der Waals surface area contributed by atoms with Crippen LogP contribution in [0.15, 0.2) is 85.1 Å². The van der Waals surface area contributed by atoms with Gasteiger partial charge in [-0.1, -0.05) is 349 Å². The highest BCUT2D eigenvalue weighted by molar-refractivity contribution is 7.45. The Morgan fingerprint density at radius 2 is 0.718 bits per heavy atom. The lowest BCUT2D eigenvalue weighted by Gasteiger charge is -2.30. The quantitative estimate of drug-likeness (QED) is 0.0272. The average molecular weight is 1210 g/mol. The summed E-state index contributed by atoms with van der Waals surface area (Å²) in [6.45, 7) is 4.64. The van der Waals surface area contributed by atoms with E-state index < -0.39 is 20.0 Å². The van der Waals surface area contributed by atoms with Gasteiger partial charge in [-0.25, -0.2) is 0 Å². The summed E-state index contributed by atoms with van der Waals surface area (Å²) in [5, 5.41) is 14.1. The van der Waals surface area contributed by atoms with Crippen LogP contribution in [0.2, 0.25) is 0 Å². The standard InChI is InChI=1S/C76H141N2O6P/c1-6-8-10-12-14-16-18-20-22-24-26-28-30-32-34-36-38-40-41-43-45-47-49-51-53-55-57-59-61-63-65-67-69-75(79)74(73-84-85(81,82)83-72-71-78(3,4)5)77-76(80)70-68-66-64-62-60-58-56-54-52-50-48-46-44-42-39-37-35-33-31-29-27-25-23-21-19-17-15-13-11-9-7-2/h9,11,15,17,21,23,27,29,33,35,39,42,46,48,74-75,79H,6-8,10,12-14,16,18-20,22,24-26,28,30-32,34,36-38,40-41,43-45,47,49-73H2,1-5H3,(H-,77,80,81,82)/b11-9-,17-15-,23-21-,29-27-,35-33-,42-39-,48-46-. The Labute approximate surface area is 528 Å². The van der Waals surface area contributed by atoms with E-state index in [2.05, 4.69) is 104 Å². The van der Waals surface area contributed by atoms with E-state index in [1.54, 1.807) is 0 Å². The minimum atomic E-state index is -4.59. The number of amides is 1. The second-order valence-electron chi connectivity index (χ2n) is 25.9. The van der Waals surface area contributed by atoms with Crippen LogP contribution in [0, 0.1) is 0 Å². The van der Waals surface area contributed by atoms with Crippen LogP contribution in [0.25, 0.3) is 0 Å². The highest BCUT2D eigenvalue weighted by Gasteiger charge is 2.24. The van der Waals surface area contributed by atoms with Crippen molar-refractivity contribution in [1.82, 2.24) is 5.32 Å². The van der Waals surface area contributed by atoms with Crippen molar-refractivity contribution in [2.24, 2.45) is 0 Å². The van der Waals surface area contributed by atoms with Crippen molar-refractivity contribution in [3.8, 4) is 0 Å². The maximum Gasteiger partial charge on any atom is 0.268 e. The number of nitrogens with zero attached hydrogens (tertiary/aromatic N) is 1. The summed E-state index contributed by atoms with van der Waals surface area (Å²) < 4.78 is 23.6.